The first-order chi connectivity index (χ1) is 13.9. The number of hydrogen-bond acceptors (Lipinski definition) is 7. The van der Waals surface area contributed by atoms with Gasteiger partial charge in [0.05, 0.1) is 21.7 Å². The van der Waals surface area contributed by atoms with Gasteiger partial charge in [0.1, 0.15) is 6.54 Å². The summed E-state index contributed by atoms with van der Waals surface area (Å²) in [5.74, 6) is -1.01. The van der Waals surface area contributed by atoms with Gasteiger partial charge in [-0.25, -0.2) is 0 Å². The molecule has 2 heterocycles. The van der Waals surface area contributed by atoms with Gasteiger partial charge < -0.3 is 9.30 Å². The zero-order chi connectivity index (χ0) is 21.0. The van der Waals surface area contributed by atoms with E-state index in [1.165, 1.54) is 29.6 Å². The van der Waals surface area contributed by atoms with Crippen molar-refractivity contribution in [1.29, 1.82) is 0 Å². The van der Waals surface area contributed by atoms with E-state index in [1.54, 1.807) is 35.8 Å². The number of carbonyl (C=O) groups is 2. The zero-order valence-electron chi connectivity index (χ0n) is 15.0. The highest BCUT2D eigenvalue weighted by molar-refractivity contribution is 7.16. The summed E-state index contributed by atoms with van der Waals surface area (Å²) in [4.78, 5) is 39.5. The van der Waals surface area contributed by atoms with Gasteiger partial charge in [-0.2, -0.15) is 4.99 Å². The summed E-state index contributed by atoms with van der Waals surface area (Å²) in [5.41, 5.74) is 0.705. The lowest BCUT2D eigenvalue weighted by molar-refractivity contribution is -0.380. The molecule has 0 radical (unpaired) electrons. The fraction of sp³-hybridized carbons (Fsp3) is 0.167. The highest BCUT2D eigenvalue weighted by Crippen LogP contribution is 2.25. The number of aromatic nitrogens is 1. The summed E-state index contributed by atoms with van der Waals surface area (Å²) in [6.07, 6.45) is 2.69. The van der Waals surface area contributed by atoms with Crippen molar-refractivity contribution in [3.05, 3.63) is 61.2 Å². The van der Waals surface area contributed by atoms with Crippen molar-refractivity contribution >= 4 is 67.4 Å². The van der Waals surface area contributed by atoms with Crippen LogP contribution in [0.2, 0.25) is 5.02 Å². The number of esters is 1. The van der Waals surface area contributed by atoms with Crippen LogP contribution in [0, 0.1) is 10.1 Å². The van der Waals surface area contributed by atoms with Crippen LogP contribution >= 0.6 is 34.3 Å². The molecule has 3 rings (SSSR count). The fourth-order valence-electron chi connectivity index (χ4n) is 2.44. The number of halogens is 1. The molecule has 0 spiro atoms. The van der Waals surface area contributed by atoms with Crippen molar-refractivity contribution in [2.75, 3.05) is 6.61 Å². The summed E-state index contributed by atoms with van der Waals surface area (Å²) >= 11 is 8.21. The van der Waals surface area contributed by atoms with Gasteiger partial charge in [-0.05, 0) is 37.3 Å². The molecule has 2 aromatic heterocycles. The Labute approximate surface area is 177 Å². The minimum Gasteiger partial charge on any atom is -0.465 e. The number of nitro groups is 1. The average Bonchev–Trinajstić information content (AvgIpc) is 3.25. The lowest BCUT2D eigenvalue weighted by atomic mass is 10.3. The van der Waals surface area contributed by atoms with Crippen LogP contribution in [0.1, 0.15) is 11.8 Å². The Morgan fingerprint density at radius 1 is 1.31 bits per heavy atom. The minimum atomic E-state index is -0.559. The smallest absolute Gasteiger partial charge is 0.326 e. The Morgan fingerprint density at radius 3 is 2.79 bits per heavy atom. The van der Waals surface area contributed by atoms with Gasteiger partial charge in [0.25, 0.3) is 5.91 Å². The molecule has 1 aromatic carbocycles. The highest BCUT2D eigenvalue weighted by Gasteiger charge is 2.12. The first kappa shape index (κ1) is 20.9. The van der Waals surface area contributed by atoms with Gasteiger partial charge in [-0.1, -0.05) is 34.3 Å². The lowest BCUT2D eigenvalue weighted by Crippen LogP contribution is -2.22. The van der Waals surface area contributed by atoms with Gasteiger partial charge >= 0.3 is 11.0 Å². The molecule has 0 fully saturated rings. The van der Waals surface area contributed by atoms with Crippen LogP contribution in [0.25, 0.3) is 16.3 Å². The van der Waals surface area contributed by atoms with Gasteiger partial charge in [0.15, 0.2) is 4.80 Å². The number of rotatable bonds is 6. The average molecular weight is 452 g/mol. The molecule has 0 saturated heterocycles. The molecule has 0 bridgehead atoms. The second kappa shape index (κ2) is 9.12. The molecule has 0 aliphatic rings. The third-order valence-electron chi connectivity index (χ3n) is 3.63. The maximum absolute atomic E-state index is 12.3. The van der Waals surface area contributed by atoms with Crippen LogP contribution in [0.4, 0.5) is 5.00 Å². The molecule has 8 nitrogen and oxygen atoms in total. The predicted molar refractivity (Wildman–Crippen MR) is 112 cm³/mol. The van der Waals surface area contributed by atoms with E-state index in [4.69, 9.17) is 16.3 Å². The number of thiazole rings is 1. The molecule has 11 heteroatoms. The molecule has 29 heavy (non-hydrogen) atoms. The summed E-state index contributed by atoms with van der Waals surface area (Å²) in [6, 6.07) is 8.09. The van der Waals surface area contributed by atoms with Crippen LogP contribution in [0.3, 0.4) is 0 Å². The maximum Gasteiger partial charge on any atom is 0.326 e. The zero-order valence-corrected chi connectivity index (χ0v) is 17.4. The van der Waals surface area contributed by atoms with E-state index in [0.29, 0.717) is 20.2 Å². The number of fused-ring (bicyclic) bond motifs is 1. The van der Waals surface area contributed by atoms with Crippen molar-refractivity contribution in [3.63, 3.8) is 0 Å². The summed E-state index contributed by atoms with van der Waals surface area (Å²) < 4.78 is 7.36. The van der Waals surface area contributed by atoms with Crippen LogP contribution in [-0.2, 0) is 20.9 Å². The fourth-order valence-corrected chi connectivity index (χ4v) is 4.47. The molecule has 0 N–H and O–H groups in total. The second-order valence-corrected chi connectivity index (χ2v) is 8.14. The second-order valence-electron chi connectivity index (χ2n) is 5.60. The number of ether oxygens (including phenoxy) is 1. The molecule has 1 amide bonds. The molecule has 0 atom stereocenters. The largest absolute Gasteiger partial charge is 0.465 e. The van der Waals surface area contributed by atoms with E-state index in [-0.39, 0.29) is 18.2 Å². The van der Waals surface area contributed by atoms with Gasteiger partial charge in [0, 0.05) is 22.0 Å². The Balaban J connectivity index is 1.94. The minimum absolute atomic E-state index is 0.0114. The highest BCUT2D eigenvalue weighted by atomic mass is 35.5. The quantitative estimate of drug-likeness (QED) is 0.243. The SMILES string of the molecule is CCOC(=O)Cn1c(=NC(=O)/C=C\c2ccc([N+](=O)[O-])s2)sc2cc(Cl)ccc21. The number of amides is 1. The number of benzene rings is 1. The van der Waals surface area contributed by atoms with Crippen LogP contribution in [0.15, 0.2) is 41.4 Å². The van der Waals surface area contributed by atoms with Crippen molar-refractivity contribution in [2.24, 2.45) is 4.99 Å². The monoisotopic (exact) mass is 451 g/mol. The molecule has 150 valence electrons. The van der Waals surface area contributed by atoms with E-state index < -0.39 is 16.8 Å². The van der Waals surface area contributed by atoms with Crippen molar-refractivity contribution in [2.45, 2.75) is 13.5 Å². The summed E-state index contributed by atoms with van der Waals surface area (Å²) in [5, 5.41) is 11.2. The molecule has 3 aromatic rings. The summed E-state index contributed by atoms with van der Waals surface area (Å²) in [7, 11) is 0. The van der Waals surface area contributed by atoms with E-state index in [1.807, 2.05) is 0 Å². The van der Waals surface area contributed by atoms with Crippen LogP contribution < -0.4 is 4.80 Å². The van der Waals surface area contributed by atoms with Crippen LogP contribution in [0.5, 0.6) is 0 Å². The van der Waals surface area contributed by atoms with Crippen molar-refractivity contribution in [1.82, 2.24) is 4.57 Å². The number of nitrogens with zero attached hydrogens (tertiary/aromatic N) is 3. The Hall–Kier alpha value is -2.82. The van der Waals surface area contributed by atoms with E-state index >= 15 is 0 Å². The number of thiophene rings is 1. The third-order valence-corrected chi connectivity index (χ3v) is 5.90. The Kier molecular flexibility index (Phi) is 6.57. The molecule has 0 aliphatic heterocycles. The molecule has 0 unspecified atom stereocenters. The predicted octanol–water partition coefficient (Wildman–Crippen LogP) is 4.03. The van der Waals surface area contributed by atoms with E-state index in [0.717, 1.165) is 16.0 Å². The van der Waals surface area contributed by atoms with Crippen molar-refractivity contribution < 1.29 is 19.2 Å². The van der Waals surface area contributed by atoms with Gasteiger partial charge in [-0.15, -0.1) is 0 Å². The van der Waals surface area contributed by atoms with E-state index in [9.17, 15) is 19.7 Å². The molecule has 0 saturated carbocycles. The maximum atomic E-state index is 12.3. The summed E-state index contributed by atoms with van der Waals surface area (Å²) in [6.45, 7) is 1.86. The van der Waals surface area contributed by atoms with Crippen molar-refractivity contribution in [3.8, 4) is 0 Å². The standard InChI is InChI=1S/C18H14ClN3O5S2/c1-2-27-17(24)10-21-13-6-3-11(19)9-14(13)29-18(21)20-15(23)7-4-12-5-8-16(28-12)22(25)26/h3-9H,2,10H2,1H3/b7-4-,20-18?. The molecular weight excluding hydrogens is 438 g/mol. The Morgan fingerprint density at radius 2 is 2.10 bits per heavy atom. The first-order valence-electron chi connectivity index (χ1n) is 8.33. The Bertz CT molecular complexity index is 1190. The third kappa shape index (κ3) is 5.17. The lowest BCUT2D eigenvalue weighted by Gasteiger charge is -2.04. The normalized spacial score (nSPS) is 12.0. The number of carbonyl (C=O) groups excluding carboxylic acids is 2. The number of hydrogen-bond donors (Lipinski definition) is 0. The molecule has 0 aliphatic carbocycles. The van der Waals surface area contributed by atoms with Crippen LogP contribution in [-0.4, -0.2) is 28.0 Å². The van der Waals surface area contributed by atoms with E-state index in [2.05, 4.69) is 4.99 Å². The first-order valence-corrected chi connectivity index (χ1v) is 10.3. The van der Waals surface area contributed by atoms with Gasteiger partial charge in [0.2, 0.25) is 0 Å². The molecular formula is C18H14ClN3O5S2. The van der Waals surface area contributed by atoms with Gasteiger partial charge in [-0.3, -0.25) is 19.7 Å². The topological polar surface area (TPSA) is 104 Å².